The van der Waals surface area contributed by atoms with E-state index in [2.05, 4.69) is 14.2 Å². The van der Waals surface area contributed by atoms with Crippen LogP contribution in [0.3, 0.4) is 0 Å². The number of carbonyl (C=O) groups is 2. The van der Waals surface area contributed by atoms with Crippen molar-refractivity contribution in [2.24, 2.45) is 0 Å². The van der Waals surface area contributed by atoms with Gasteiger partial charge < -0.3 is 9.47 Å². The van der Waals surface area contributed by atoms with Gasteiger partial charge in [-0.1, -0.05) is 30.3 Å². The quantitative estimate of drug-likeness (QED) is 0.616. The summed E-state index contributed by atoms with van der Waals surface area (Å²) in [6.45, 7) is 0.211. The third kappa shape index (κ3) is 6.23. The number of hydrogen-bond donors (Lipinski definition) is 1. The first-order valence-corrected chi connectivity index (χ1v) is 12.0. The van der Waals surface area contributed by atoms with E-state index in [4.69, 9.17) is 0 Å². The Balaban J connectivity index is 0.000000234. The zero-order chi connectivity index (χ0) is 21.7. The lowest BCUT2D eigenvalue weighted by Gasteiger charge is -2.20. The van der Waals surface area contributed by atoms with Gasteiger partial charge in [0.25, 0.3) is 0 Å². The Morgan fingerprint density at radius 2 is 1.62 bits per heavy atom. The minimum atomic E-state index is -3.36. The van der Waals surface area contributed by atoms with E-state index in [0.29, 0.717) is 12.8 Å². The average molecular weight is 449 g/mol. The molecule has 0 spiro atoms. The summed E-state index contributed by atoms with van der Waals surface area (Å²) in [6.07, 6.45) is 0.594. The fourth-order valence-corrected chi connectivity index (χ4v) is 5.97. The molecule has 3 rings (SSSR count). The molecule has 162 valence electrons. The van der Waals surface area contributed by atoms with Crippen molar-refractivity contribution >= 4 is 32.0 Å². The van der Waals surface area contributed by atoms with E-state index < -0.39 is 44.1 Å². The van der Waals surface area contributed by atoms with Crippen molar-refractivity contribution in [3.05, 3.63) is 35.9 Å². The first-order valence-electron chi connectivity index (χ1n) is 8.78. The number of sulfonamides is 2. The Labute approximate surface area is 170 Å². The van der Waals surface area contributed by atoms with Gasteiger partial charge in [-0.15, -0.1) is 0 Å². The van der Waals surface area contributed by atoms with Gasteiger partial charge >= 0.3 is 11.9 Å². The van der Waals surface area contributed by atoms with Crippen LogP contribution in [-0.4, -0.2) is 70.9 Å². The van der Waals surface area contributed by atoms with Crippen molar-refractivity contribution in [3.63, 3.8) is 0 Å². The van der Waals surface area contributed by atoms with Gasteiger partial charge in [-0.05, 0) is 18.4 Å². The molecule has 2 atom stereocenters. The molecular weight excluding hydrogens is 424 g/mol. The van der Waals surface area contributed by atoms with E-state index in [1.54, 1.807) is 0 Å². The van der Waals surface area contributed by atoms with Crippen molar-refractivity contribution in [2.75, 3.05) is 25.7 Å². The lowest BCUT2D eigenvalue weighted by Crippen LogP contribution is -2.38. The van der Waals surface area contributed by atoms with E-state index in [9.17, 15) is 26.4 Å². The van der Waals surface area contributed by atoms with E-state index >= 15 is 0 Å². The van der Waals surface area contributed by atoms with Gasteiger partial charge in [-0.25, -0.2) is 21.6 Å². The highest BCUT2D eigenvalue weighted by Gasteiger charge is 2.42. The Hall–Kier alpha value is -2.02. The number of nitrogens with zero attached hydrogens (tertiary/aromatic N) is 1. The second kappa shape index (κ2) is 9.65. The Kier molecular flexibility index (Phi) is 7.74. The highest BCUT2D eigenvalue weighted by Crippen LogP contribution is 2.24. The van der Waals surface area contributed by atoms with Crippen molar-refractivity contribution in [1.29, 1.82) is 0 Å². The standard InChI is InChI=1S/C12H15NO4S.C5H9NO4S/c1-17-12(14)11-7-8-18(15,16)13(11)9-10-5-3-2-4-6-10;1-10-5(7)4-2-3-11(8,9)6-4/h2-6,11H,7-9H2,1H3;4,6H,2-3H2,1H3. The summed E-state index contributed by atoms with van der Waals surface area (Å²) in [6, 6.07) is 7.84. The zero-order valence-electron chi connectivity index (χ0n) is 16.1. The summed E-state index contributed by atoms with van der Waals surface area (Å²) in [4.78, 5) is 22.3. The lowest BCUT2D eigenvalue weighted by atomic mass is 10.2. The molecule has 0 saturated carbocycles. The summed E-state index contributed by atoms with van der Waals surface area (Å²) in [5.74, 6) is -1.01. The minimum Gasteiger partial charge on any atom is -0.468 e. The number of benzene rings is 1. The normalized spacial score (nSPS) is 24.9. The molecule has 0 amide bonds. The fraction of sp³-hybridized carbons (Fsp3) is 0.529. The van der Waals surface area contributed by atoms with Gasteiger partial charge in [0, 0.05) is 6.54 Å². The maximum atomic E-state index is 11.9. The van der Waals surface area contributed by atoms with Crippen LogP contribution >= 0.6 is 0 Å². The van der Waals surface area contributed by atoms with Gasteiger partial charge in [0.2, 0.25) is 20.0 Å². The molecule has 1 aromatic rings. The number of methoxy groups -OCH3 is 2. The topological polar surface area (TPSA) is 136 Å². The van der Waals surface area contributed by atoms with Crippen LogP contribution in [0.15, 0.2) is 30.3 Å². The Bertz CT molecular complexity index is 931. The predicted molar refractivity (Wildman–Crippen MR) is 104 cm³/mol. The summed E-state index contributed by atoms with van der Waals surface area (Å²) < 4.78 is 57.7. The van der Waals surface area contributed by atoms with Crippen LogP contribution in [-0.2, 0) is 45.7 Å². The third-order valence-corrected chi connectivity index (χ3v) is 7.76. The summed E-state index contributed by atoms with van der Waals surface area (Å²) in [7, 11) is -4.06. The van der Waals surface area contributed by atoms with Crippen LogP contribution in [0.1, 0.15) is 18.4 Å². The van der Waals surface area contributed by atoms with Gasteiger partial charge in [0.1, 0.15) is 12.1 Å². The number of rotatable bonds is 4. The van der Waals surface area contributed by atoms with Crippen LogP contribution in [0.5, 0.6) is 0 Å². The molecule has 12 heteroatoms. The SMILES string of the molecule is COC(=O)C1CCS(=O)(=O)N1.COC(=O)C1CCS(=O)(=O)N1Cc1ccccc1. The van der Waals surface area contributed by atoms with E-state index in [0.717, 1.165) is 5.56 Å². The molecule has 1 N–H and O–H groups in total. The van der Waals surface area contributed by atoms with Crippen molar-refractivity contribution in [1.82, 2.24) is 9.03 Å². The molecule has 2 aliphatic heterocycles. The Morgan fingerprint density at radius 1 is 1.00 bits per heavy atom. The molecule has 0 bridgehead atoms. The van der Waals surface area contributed by atoms with Gasteiger partial charge in [-0.2, -0.15) is 4.31 Å². The third-order valence-electron chi connectivity index (χ3n) is 4.49. The number of ether oxygens (including phenoxy) is 2. The molecule has 0 aliphatic carbocycles. The molecule has 10 nitrogen and oxygen atoms in total. The zero-order valence-corrected chi connectivity index (χ0v) is 17.7. The average Bonchev–Trinajstić information content (AvgIpc) is 3.21. The maximum Gasteiger partial charge on any atom is 0.324 e. The molecule has 2 saturated heterocycles. The smallest absolute Gasteiger partial charge is 0.324 e. The molecule has 0 radical (unpaired) electrons. The summed E-state index contributed by atoms with van der Waals surface area (Å²) in [5.41, 5.74) is 0.858. The molecule has 2 unspecified atom stereocenters. The number of carbonyl (C=O) groups excluding carboxylic acids is 2. The molecule has 2 fully saturated rings. The van der Waals surface area contributed by atoms with Gasteiger partial charge in [0.05, 0.1) is 25.7 Å². The first kappa shape index (κ1) is 23.3. The van der Waals surface area contributed by atoms with Gasteiger partial charge in [0.15, 0.2) is 0 Å². The number of esters is 2. The first-order chi connectivity index (χ1) is 13.6. The maximum absolute atomic E-state index is 11.9. The largest absolute Gasteiger partial charge is 0.468 e. The molecule has 2 heterocycles. The predicted octanol–water partition coefficient (Wildman–Crippen LogP) is -0.385. The molecule has 0 aromatic heterocycles. The van der Waals surface area contributed by atoms with Crippen molar-refractivity contribution < 1.29 is 35.9 Å². The van der Waals surface area contributed by atoms with Crippen molar-refractivity contribution in [2.45, 2.75) is 31.5 Å². The van der Waals surface area contributed by atoms with Crippen LogP contribution in [0, 0.1) is 0 Å². The summed E-state index contributed by atoms with van der Waals surface area (Å²) >= 11 is 0. The van der Waals surface area contributed by atoms with Crippen LogP contribution in [0.2, 0.25) is 0 Å². The monoisotopic (exact) mass is 448 g/mol. The van der Waals surface area contributed by atoms with E-state index in [1.807, 2.05) is 30.3 Å². The molecule has 29 heavy (non-hydrogen) atoms. The lowest BCUT2D eigenvalue weighted by molar-refractivity contribution is -0.145. The van der Waals surface area contributed by atoms with E-state index in [-0.39, 0.29) is 18.1 Å². The Morgan fingerprint density at radius 3 is 2.14 bits per heavy atom. The van der Waals surface area contributed by atoms with Gasteiger partial charge in [-0.3, -0.25) is 9.59 Å². The summed E-state index contributed by atoms with van der Waals surface area (Å²) in [5, 5.41) is 0. The van der Waals surface area contributed by atoms with Crippen LogP contribution in [0.25, 0.3) is 0 Å². The highest BCUT2D eigenvalue weighted by atomic mass is 32.2. The number of nitrogens with one attached hydrogen (secondary N) is 1. The number of hydrogen-bond acceptors (Lipinski definition) is 8. The van der Waals surface area contributed by atoms with Crippen LogP contribution < -0.4 is 4.72 Å². The van der Waals surface area contributed by atoms with Crippen LogP contribution in [0.4, 0.5) is 0 Å². The highest BCUT2D eigenvalue weighted by molar-refractivity contribution is 7.89. The minimum absolute atomic E-state index is 0.000397. The van der Waals surface area contributed by atoms with Crippen molar-refractivity contribution in [3.8, 4) is 0 Å². The van der Waals surface area contributed by atoms with E-state index in [1.165, 1.54) is 18.5 Å². The molecule has 1 aromatic carbocycles. The molecule has 2 aliphatic rings. The molecular formula is C17H24N2O8S2. The second-order valence-electron chi connectivity index (χ2n) is 6.48. The fourth-order valence-electron chi connectivity index (χ4n) is 2.97. The second-order valence-corrected chi connectivity index (χ2v) is 10.4.